The molecule has 1 aliphatic rings. The summed E-state index contributed by atoms with van der Waals surface area (Å²) in [6, 6.07) is 12.0. The molecule has 3 rings (SSSR count). The van der Waals surface area contributed by atoms with Crippen LogP contribution in [-0.4, -0.2) is 17.4 Å². The lowest BCUT2D eigenvalue weighted by molar-refractivity contribution is -0.117. The Morgan fingerprint density at radius 1 is 1.20 bits per heavy atom. The van der Waals surface area contributed by atoms with E-state index < -0.39 is 0 Å². The molecule has 2 aromatic rings. The zero-order valence-electron chi connectivity index (χ0n) is 11.2. The van der Waals surface area contributed by atoms with E-state index in [1.807, 2.05) is 41.3 Å². The lowest BCUT2D eigenvalue weighted by atomic mass is 10.2. The average molecular weight is 267 g/mol. The van der Waals surface area contributed by atoms with Crippen molar-refractivity contribution in [1.29, 1.82) is 0 Å². The third kappa shape index (κ3) is 2.79. The zero-order chi connectivity index (χ0) is 13.8. The highest BCUT2D eigenvalue weighted by Crippen LogP contribution is 2.24. The molecule has 1 aromatic carbocycles. The van der Waals surface area contributed by atoms with Gasteiger partial charge in [-0.25, -0.2) is 0 Å². The molecule has 1 N–H and O–H groups in total. The first kappa shape index (κ1) is 12.7. The maximum absolute atomic E-state index is 11.8. The molecule has 0 radical (unpaired) electrons. The van der Waals surface area contributed by atoms with Crippen LogP contribution < -0.4 is 10.2 Å². The van der Waals surface area contributed by atoms with E-state index in [2.05, 4.69) is 10.3 Å². The molecule has 1 fully saturated rings. The number of benzene rings is 1. The van der Waals surface area contributed by atoms with Crippen LogP contribution in [0, 0.1) is 0 Å². The molecule has 20 heavy (non-hydrogen) atoms. The van der Waals surface area contributed by atoms with Gasteiger partial charge in [0.05, 0.1) is 0 Å². The van der Waals surface area contributed by atoms with Gasteiger partial charge in [-0.3, -0.25) is 9.78 Å². The summed E-state index contributed by atoms with van der Waals surface area (Å²) >= 11 is 0. The van der Waals surface area contributed by atoms with Crippen LogP contribution in [0.25, 0.3) is 0 Å². The molecule has 1 amide bonds. The number of anilines is 2. The molecule has 0 bridgehead atoms. The van der Waals surface area contributed by atoms with E-state index in [1.165, 1.54) is 5.56 Å². The van der Waals surface area contributed by atoms with E-state index in [0.717, 1.165) is 30.9 Å². The van der Waals surface area contributed by atoms with Crippen molar-refractivity contribution in [2.45, 2.75) is 19.4 Å². The van der Waals surface area contributed by atoms with Crippen LogP contribution >= 0.6 is 0 Å². The van der Waals surface area contributed by atoms with E-state index in [9.17, 15) is 4.79 Å². The zero-order valence-corrected chi connectivity index (χ0v) is 11.2. The van der Waals surface area contributed by atoms with Crippen LogP contribution in [0.15, 0.2) is 48.8 Å². The van der Waals surface area contributed by atoms with Gasteiger partial charge in [-0.05, 0) is 42.3 Å². The van der Waals surface area contributed by atoms with Crippen molar-refractivity contribution in [2.75, 3.05) is 16.8 Å². The Hall–Kier alpha value is -2.36. The monoisotopic (exact) mass is 267 g/mol. The average Bonchev–Trinajstić information content (AvgIpc) is 2.93. The Morgan fingerprint density at radius 2 is 2.05 bits per heavy atom. The van der Waals surface area contributed by atoms with Crippen molar-refractivity contribution in [3.63, 3.8) is 0 Å². The molecule has 0 saturated carbocycles. The van der Waals surface area contributed by atoms with Crippen LogP contribution in [-0.2, 0) is 11.3 Å². The Morgan fingerprint density at radius 3 is 2.80 bits per heavy atom. The minimum absolute atomic E-state index is 0.219. The van der Waals surface area contributed by atoms with Crippen LogP contribution in [0.3, 0.4) is 0 Å². The quantitative estimate of drug-likeness (QED) is 0.926. The molecule has 102 valence electrons. The fourth-order valence-electron chi connectivity index (χ4n) is 2.41. The van der Waals surface area contributed by atoms with Gasteiger partial charge in [0.25, 0.3) is 0 Å². The minimum Gasteiger partial charge on any atom is -0.381 e. The second kappa shape index (κ2) is 5.74. The van der Waals surface area contributed by atoms with Gasteiger partial charge in [0.1, 0.15) is 0 Å². The molecular weight excluding hydrogens is 250 g/mol. The number of carbonyl (C=O) groups is 1. The first-order valence-corrected chi connectivity index (χ1v) is 6.86. The Bertz CT molecular complexity index is 598. The second-order valence-electron chi connectivity index (χ2n) is 4.91. The molecule has 4 nitrogen and oxygen atoms in total. The summed E-state index contributed by atoms with van der Waals surface area (Å²) in [4.78, 5) is 17.6. The van der Waals surface area contributed by atoms with Crippen LogP contribution in [0.4, 0.5) is 11.4 Å². The van der Waals surface area contributed by atoms with Gasteiger partial charge in [0.2, 0.25) is 5.91 Å². The maximum Gasteiger partial charge on any atom is 0.227 e. The number of nitrogens with one attached hydrogen (secondary N) is 1. The molecule has 0 spiro atoms. The number of hydrogen-bond donors (Lipinski definition) is 1. The van der Waals surface area contributed by atoms with Gasteiger partial charge in [-0.2, -0.15) is 0 Å². The van der Waals surface area contributed by atoms with Crippen LogP contribution in [0.2, 0.25) is 0 Å². The van der Waals surface area contributed by atoms with Gasteiger partial charge < -0.3 is 10.2 Å². The van der Waals surface area contributed by atoms with Gasteiger partial charge in [0, 0.05) is 43.3 Å². The predicted octanol–water partition coefficient (Wildman–Crippen LogP) is 2.82. The highest BCUT2D eigenvalue weighted by Gasteiger charge is 2.21. The number of hydrogen-bond acceptors (Lipinski definition) is 3. The Labute approximate surface area is 118 Å². The number of carbonyl (C=O) groups excluding carboxylic acids is 1. The van der Waals surface area contributed by atoms with E-state index in [4.69, 9.17) is 0 Å². The van der Waals surface area contributed by atoms with E-state index in [1.54, 1.807) is 12.4 Å². The first-order chi connectivity index (χ1) is 9.83. The normalized spacial score (nSPS) is 14.6. The Kier molecular flexibility index (Phi) is 3.63. The lowest BCUT2D eigenvalue weighted by Gasteiger charge is -2.17. The van der Waals surface area contributed by atoms with Crippen LogP contribution in [0.5, 0.6) is 0 Å². The predicted molar refractivity (Wildman–Crippen MR) is 79.6 cm³/mol. The fraction of sp³-hybridized carbons (Fsp3) is 0.250. The summed E-state index contributed by atoms with van der Waals surface area (Å²) < 4.78 is 0. The summed E-state index contributed by atoms with van der Waals surface area (Å²) in [6.07, 6.45) is 5.19. The van der Waals surface area contributed by atoms with E-state index >= 15 is 0 Å². The van der Waals surface area contributed by atoms with Crippen LogP contribution in [0.1, 0.15) is 18.4 Å². The summed E-state index contributed by atoms with van der Waals surface area (Å²) in [7, 11) is 0. The van der Waals surface area contributed by atoms with Crippen molar-refractivity contribution >= 4 is 17.3 Å². The summed E-state index contributed by atoms with van der Waals surface area (Å²) in [5.74, 6) is 0.219. The number of aromatic nitrogens is 1. The molecule has 0 atom stereocenters. The van der Waals surface area contributed by atoms with Crippen molar-refractivity contribution in [1.82, 2.24) is 4.98 Å². The van der Waals surface area contributed by atoms with Gasteiger partial charge in [0.15, 0.2) is 0 Å². The number of amides is 1. The topological polar surface area (TPSA) is 45.2 Å². The SMILES string of the molecule is O=C1CCCN1c1cccc(NCc2ccncc2)c1. The molecule has 1 aromatic heterocycles. The summed E-state index contributed by atoms with van der Waals surface area (Å²) in [6.45, 7) is 1.58. The number of rotatable bonds is 4. The van der Waals surface area contributed by atoms with Crippen molar-refractivity contribution < 1.29 is 4.79 Å². The van der Waals surface area contributed by atoms with Gasteiger partial charge >= 0.3 is 0 Å². The molecule has 1 aliphatic heterocycles. The highest BCUT2D eigenvalue weighted by atomic mass is 16.2. The molecule has 2 heterocycles. The number of nitrogens with zero attached hydrogens (tertiary/aromatic N) is 2. The standard InChI is InChI=1S/C16H17N3O/c20-16-5-2-10-19(16)15-4-1-3-14(11-15)18-12-13-6-8-17-9-7-13/h1,3-4,6-9,11,18H,2,5,10,12H2. The Balaban J connectivity index is 1.70. The highest BCUT2D eigenvalue weighted by molar-refractivity contribution is 5.95. The fourth-order valence-corrected chi connectivity index (χ4v) is 2.41. The lowest BCUT2D eigenvalue weighted by Crippen LogP contribution is -2.23. The van der Waals surface area contributed by atoms with E-state index in [-0.39, 0.29) is 5.91 Å². The molecule has 1 saturated heterocycles. The molecule has 4 heteroatoms. The first-order valence-electron chi connectivity index (χ1n) is 6.86. The van der Waals surface area contributed by atoms with Gasteiger partial charge in [-0.1, -0.05) is 6.07 Å². The minimum atomic E-state index is 0.219. The van der Waals surface area contributed by atoms with E-state index in [0.29, 0.717) is 6.42 Å². The number of pyridine rings is 1. The summed E-state index contributed by atoms with van der Waals surface area (Å²) in [5, 5.41) is 3.37. The third-order valence-corrected chi connectivity index (χ3v) is 3.48. The van der Waals surface area contributed by atoms with Crippen molar-refractivity contribution in [2.24, 2.45) is 0 Å². The molecule has 0 aliphatic carbocycles. The maximum atomic E-state index is 11.8. The summed E-state index contributed by atoms with van der Waals surface area (Å²) in [5.41, 5.74) is 3.19. The smallest absolute Gasteiger partial charge is 0.227 e. The van der Waals surface area contributed by atoms with Gasteiger partial charge in [-0.15, -0.1) is 0 Å². The second-order valence-corrected chi connectivity index (χ2v) is 4.91. The largest absolute Gasteiger partial charge is 0.381 e. The van der Waals surface area contributed by atoms with Crippen molar-refractivity contribution in [3.8, 4) is 0 Å². The van der Waals surface area contributed by atoms with Crippen molar-refractivity contribution in [3.05, 3.63) is 54.4 Å². The molecular formula is C16H17N3O. The molecule has 0 unspecified atom stereocenters. The third-order valence-electron chi connectivity index (χ3n) is 3.48.